The lowest BCUT2D eigenvalue weighted by Crippen LogP contribution is -2.27. The average Bonchev–Trinajstić information content (AvgIpc) is 3.16. The van der Waals surface area contributed by atoms with Gasteiger partial charge in [-0.1, -0.05) is 28.9 Å². The van der Waals surface area contributed by atoms with Crippen LogP contribution in [0.15, 0.2) is 28.8 Å². The summed E-state index contributed by atoms with van der Waals surface area (Å²) in [6.07, 6.45) is 3.59. The van der Waals surface area contributed by atoms with Crippen LogP contribution < -0.4 is 0 Å². The van der Waals surface area contributed by atoms with Crippen molar-refractivity contribution >= 4 is 17.5 Å². The molecule has 1 saturated heterocycles. The van der Waals surface area contributed by atoms with Crippen LogP contribution in [0.4, 0.5) is 0 Å². The third-order valence-electron chi connectivity index (χ3n) is 4.55. The molecule has 1 aliphatic carbocycles. The molecule has 0 unspecified atom stereocenters. The number of likely N-dealkylation sites (tertiary alicyclic amines) is 1. The molecule has 1 saturated carbocycles. The van der Waals surface area contributed by atoms with Gasteiger partial charge in [0.15, 0.2) is 5.82 Å². The van der Waals surface area contributed by atoms with Crippen molar-refractivity contribution in [3.63, 3.8) is 0 Å². The summed E-state index contributed by atoms with van der Waals surface area (Å²) >= 11 is 5.89. The van der Waals surface area contributed by atoms with Gasteiger partial charge in [-0.3, -0.25) is 4.79 Å². The lowest BCUT2D eigenvalue weighted by Gasteiger charge is -2.15. The lowest BCUT2D eigenvalue weighted by atomic mass is 10.1. The van der Waals surface area contributed by atoms with Crippen molar-refractivity contribution in [3.8, 4) is 0 Å². The van der Waals surface area contributed by atoms with Crippen LogP contribution in [0.25, 0.3) is 0 Å². The summed E-state index contributed by atoms with van der Waals surface area (Å²) in [5, 5.41) is 4.78. The number of hydrogen-bond acceptors (Lipinski definition) is 4. The molecule has 0 N–H and O–H groups in total. The molecule has 2 aromatic rings. The van der Waals surface area contributed by atoms with E-state index in [4.69, 9.17) is 16.1 Å². The topological polar surface area (TPSA) is 59.2 Å². The van der Waals surface area contributed by atoms with Gasteiger partial charge in [-0.15, -0.1) is 0 Å². The van der Waals surface area contributed by atoms with Crippen molar-refractivity contribution in [2.75, 3.05) is 13.1 Å². The van der Waals surface area contributed by atoms with E-state index in [1.54, 1.807) is 0 Å². The Kier molecular flexibility index (Phi) is 3.81. The molecule has 1 aromatic carbocycles. The number of halogens is 1. The molecule has 2 aliphatic rings. The highest BCUT2D eigenvalue weighted by molar-refractivity contribution is 6.30. The molecule has 2 fully saturated rings. The molecule has 1 aromatic heterocycles. The van der Waals surface area contributed by atoms with E-state index in [2.05, 4.69) is 10.1 Å². The molecule has 4 rings (SSSR count). The highest BCUT2D eigenvalue weighted by atomic mass is 35.5. The molecule has 23 heavy (non-hydrogen) atoms. The summed E-state index contributed by atoms with van der Waals surface area (Å²) in [5.74, 6) is 2.11. The molecule has 1 amide bonds. The van der Waals surface area contributed by atoms with E-state index >= 15 is 0 Å². The first-order chi connectivity index (χ1) is 11.2. The fraction of sp³-hybridized carbons (Fsp3) is 0.471. The van der Waals surface area contributed by atoms with Crippen molar-refractivity contribution in [2.24, 2.45) is 0 Å². The maximum absolute atomic E-state index is 12.2. The van der Waals surface area contributed by atoms with E-state index in [0.717, 1.165) is 30.1 Å². The molecule has 6 heteroatoms. The molecular formula is C17H18ClN3O2. The van der Waals surface area contributed by atoms with Crippen LogP contribution in [0.2, 0.25) is 5.02 Å². The summed E-state index contributed by atoms with van der Waals surface area (Å²) in [6, 6.07) is 7.76. The summed E-state index contributed by atoms with van der Waals surface area (Å²) in [6.45, 7) is 1.37. The minimum atomic E-state index is 0.0349. The quantitative estimate of drug-likeness (QED) is 0.844. The van der Waals surface area contributed by atoms with Gasteiger partial charge in [-0.25, -0.2) is 0 Å². The second-order valence-corrected chi connectivity index (χ2v) is 6.82. The Hall–Kier alpha value is -1.88. The lowest BCUT2D eigenvalue weighted by molar-refractivity contribution is -0.127. The van der Waals surface area contributed by atoms with Crippen molar-refractivity contribution in [1.29, 1.82) is 0 Å². The Morgan fingerprint density at radius 3 is 2.74 bits per heavy atom. The molecular weight excluding hydrogens is 314 g/mol. The molecule has 120 valence electrons. The van der Waals surface area contributed by atoms with Crippen LogP contribution in [0.5, 0.6) is 0 Å². The standard InChI is InChI=1S/C17H18ClN3O2/c18-14-5-1-11(2-6-14)7-8-21-10-13(9-15(21)22)17-19-16(20-23-17)12-3-4-12/h1-2,5-6,12-13H,3-4,7-10H2/t13-/m1/s1. The Morgan fingerprint density at radius 2 is 2.00 bits per heavy atom. The van der Waals surface area contributed by atoms with Crippen LogP contribution in [-0.4, -0.2) is 34.0 Å². The van der Waals surface area contributed by atoms with Crippen LogP contribution in [0, 0.1) is 0 Å². The summed E-state index contributed by atoms with van der Waals surface area (Å²) < 4.78 is 5.37. The van der Waals surface area contributed by atoms with Gasteiger partial charge < -0.3 is 9.42 Å². The maximum Gasteiger partial charge on any atom is 0.232 e. The maximum atomic E-state index is 12.2. The number of hydrogen-bond donors (Lipinski definition) is 0. The van der Waals surface area contributed by atoms with Gasteiger partial charge in [-0.05, 0) is 37.0 Å². The van der Waals surface area contributed by atoms with Gasteiger partial charge in [0.05, 0.1) is 5.92 Å². The molecule has 0 radical (unpaired) electrons. The van der Waals surface area contributed by atoms with E-state index in [-0.39, 0.29) is 11.8 Å². The summed E-state index contributed by atoms with van der Waals surface area (Å²) in [5.41, 5.74) is 1.18. The molecule has 5 nitrogen and oxygen atoms in total. The zero-order chi connectivity index (χ0) is 15.8. The largest absolute Gasteiger partial charge is 0.342 e. The minimum absolute atomic E-state index is 0.0349. The molecule has 0 spiro atoms. The Morgan fingerprint density at radius 1 is 1.22 bits per heavy atom. The number of carbonyl (C=O) groups is 1. The normalized spacial score (nSPS) is 21.2. The van der Waals surface area contributed by atoms with Crippen molar-refractivity contribution in [3.05, 3.63) is 46.6 Å². The van der Waals surface area contributed by atoms with Crippen LogP contribution in [0.3, 0.4) is 0 Å². The number of amides is 1. The van der Waals surface area contributed by atoms with Crippen LogP contribution >= 0.6 is 11.6 Å². The van der Waals surface area contributed by atoms with Gasteiger partial charge in [0.2, 0.25) is 11.8 Å². The van der Waals surface area contributed by atoms with Crippen LogP contribution in [-0.2, 0) is 11.2 Å². The third kappa shape index (κ3) is 3.24. The Bertz CT molecular complexity index is 709. The van der Waals surface area contributed by atoms with E-state index in [9.17, 15) is 4.79 Å². The summed E-state index contributed by atoms with van der Waals surface area (Å²) in [7, 11) is 0. The molecule has 2 heterocycles. The number of rotatable bonds is 5. The molecule has 1 atom stereocenters. The number of carbonyl (C=O) groups excluding carboxylic acids is 1. The zero-order valence-corrected chi connectivity index (χ0v) is 13.5. The predicted molar refractivity (Wildman–Crippen MR) is 85.4 cm³/mol. The molecule has 0 bridgehead atoms. The van der Waals surface area contributed by atoms with Gasteiger partial charge in [0.25, 0.3) is 0 Å². The Labute approximate surface area is 139 Å². The van der Waals surface area contributed by atoms with Gasteiger partial charge >= 0.3 is 0 Å². The SMILES string of the molecule is O=C1C[C@@H](c2nc(C3CC3)no2)CN1CCc1ccc(Cl)cc1. The number of aromatic nitrogens is 2. The second kappa shape index (κ2) is 5.96. The number of nitrogens with zero attached hydrogens (tertiary/aromatic N) is 3. The second-order valence-electron chi connectivity index (χ2n) is 6.38. The van der Waals surface area contributed by atoms with E-state index in [1.165, 1.54) is 5.56 Å². The van der Waals surface area contributed by atoms with Crippen molar-refractivity contribution in [2.45, 2.75) is 37.5 Å². The minimum Gasteiger partial charge on any atom is -0.342 e. The number of benzene rings is 1. The fourth-order valence-corrected chi connectivity index (χ4v) is 3.12. The first kappa shape index (κ1) is 14.7. The van der Waals surface area contributed by atoms with Gasteiger partial charge in [-0.2, -0.15) is 4.98 Å². The zero-order valence-electron chi connectivity index (χ0n) is 12.7. The highest BCUT2D eigenvalue weighted by Crippen LogP contribution is 2.39. The van der Waals surface area contributed by atoms with Crippen LogP contribution in [0.1, 0.15) is 48.4 Å². The third-order valence-corrected chi connectivity index (χ3v) is 4.80. The predicted octanol–water partition coefficient (Wildman–Crippen LogP) is 3.16. The smallest absolute Gasteiger partial charge is 0.232 e. The van der Waals surface area contributed by atoms with E-state index in [0.29, 0.717) is 31.3 Å². The van der Waals surface area contributed by atoms with Crippen molar-refractivity contribution < 1.29 is 9.32 Å². The highest BCUT2D eigenvalue weighted by Gasteiger charge is 2.36. The van der Waals surface area contributed by atoms with E-state index in [1.807, 2.05) is 29.2 Å². The monoisotopic (exact) mass is 331 g/mol. The molecule has 1 aliphatic heterocycles. The first-order valence-electron chi connectivity index (χ1n) is 8.05. The van der Waals surface area contributed by atoms with Crippen molar-refractivity contribution in [1.82, 2.24) is 15.0 Å². The Balaban J connectivity index is 1.36. The van der Waals surface area contributed by atoms with Gasteiger partial charge in [0, 0.05) is 30.5 Å². The van der Waals surface area contributed by atoms with E-state index < -0.39 is 0 Å². The summed E-state index contributed by atoms with van der Waals surface area (Å²) in [4.78, 5) is 18.6. The fourth-order valence-electron chi connectivity index (χ4n) is 2.99. The van der Waals surface area contributed by atoms with Gasteiger partial charge in [0.1, 0.15) is 0 Å². The first-order valence-corrected chi connectivity index (χ1v) is 8.42. The average molecular weight is 332 g/mol.